The standard InChI is InChI=1S/C19H21N3O4/c1-13(23)21-15-7-5-8-16(12-15)22-19(25)18(24)20-11-10-14-6-3-4-9-17(14)26-2/h3-9,12H,10-11H2,1-2H3,(H,20,24)(H,21,23)(H,22,25). The second-order valence-corrected chi connectivity index (χ2v) is 5.53. The zero-order chi connectivity index (χ0) is 18.9. The third kappa shape index (κ3) is 5.62. The average Bonchev–Trinajstić information content (AvgIpc) is 2.61. The van der Waals surface area contributed by atoms with Crippen molar-refractivity contribution in [1.29, 1.82) is 0 Å². The van der Waals surface area contributed by atoms with Crippen LogP contribution in [0.5, 0.6) is 5.75 Å². The summed E-state index contributed by atoms with van der Waals surface area (Å²) in [5, 5.41) is 7.68. The van der Waals surface area contributed by atoms with Gasteiger partial charge in [0.1, 0.15) is 5.75 Å². The van der Waals surface area contributed by atoms with Gasteiger partial charge in [-0.3, -0.25) is 14.4 Å². The first-order valence-corrected chi connectivity index (χ1v) is 8.08. The first-order chi connectivity index (χ1) is 12.5. The SMILES string of the molecule is COc1ccccc1CCNC(=O)C(=O)Nc1cccc(NC(C)=O)c1. The van der Waals surface area contributed by atoms with Crippen LogP contribution in [0, 0.1) is 0 Å². The average molecular weight is 355 g/mol. The van der Waals surface area contributed by atoms with Gasteiger partial charge in [-0.1, -0.05) is 24.3 Å². The summed E-state index contributed by atoms with van der Waals surface area (Å²) in [4.78, 5) is 35.0. The van der Waals surface area contributed by atoms with Gasteiger partial charge in [0.2, 0.25) is 5.91 Å². The molecule has 3 amide bonds. The molecule has 0 atom stereocenters. The van der Waals surface area contributed by atoms with Crippen LogP contribution < -0.4 is 20.7 Å². The fourth-order valence-electron chi connectivity index (χ4n) is 2.37. The lowest BCUT2D eigenvalue weighted by Crippen LogP contribution is -2.36. The maximum absolute atomic E-state index is 12.0. The van der Waals surface area contributed by atoms with Crippen molar-refractivity contribution in [3.8, 4) is 5.75 Å². The highest BCUT2D eigenvalue weighted by atomic mass is 16.5. The Morgan fingerprint density at radius 1 is 0.923 bits per heavy atom. The Hall–Kier alpha value is -3.35. The Labute approximate surface area is 151 Å². The Kier molecular flexibility index (Phi) is 6.73. The number of hydrogen-bond acceptors (Lipinski definition) is 4. The molecule has 0 fully saturated rings. The van der Waals surface area contributed by atoms with Crippen molar-refractivity contribution in [3.63, 3.8) is 0 Å². The summed E-state index contributed by atoms with van der Waals surface area (Å²) < 4.78 is 5.25. The minimum absolute atomic E-state index is 0.220. The molecule has 0 aromatic heterocycles. The number of para-hydroxylation sites is 1. The van der Waals surface area contributed by atoms with Crippen LogP contribution in [0.15, 0.2) is 48.5 Å². The lowest BCUT2D eigenvalue weighted by molar-refractivity contribution is -0.136. The number of ether oxygens (including phenoxy) is 1. The summed E-state index contributed by atoms with van der Waals surface area (Å²) in [6.07, 6.45) is 0.543. The minimum atomic E-state index is -0.773. The van der Waals surface area contributed by atoms with Crippen molar-refractivity contribution in [3.05, 3.63) is 54.1 Å². The number of hydrogen-bond donors (Lipinski definition) is 3. The molecule has 136 valence electrons. The first kappa shape index (κ1) is 19.0. The Morgan fingerprint density at radius 2 is 1.62 bits per heavy atom. The van der Waals surface area contributed by atoms with E-state index in [-0.39, 0.29) is 5.91 Å². The molecule has 0 bridgehead atoms. The Bertz CT molecular complexity index is 805. The van der Waals surface area contributed by atoms with Gasteiger partial charge in [0, 0.05) is 24.8 Å². The molecule has 0 aliphatic carbocycles. The molecule has 0 spiro atoms. The van der Waals surface area contributed by atoms with Crippen LogP contribution in [-0.4, -0.2) is 31.4 Å². The van der Waals surface area contributed by atoms with E-state index in [1.54, 1.807) is 31.4 Å². The molecule has 7 nitrogen and oxygen atoms in total. The van der Waals surface area contributed by atoms with E-state index >= 15 is 0 Å². The largest absolute Gasteiger partial charge is 0.496 e. The van der Waals surface area contributed by atoms with Crippen molar-refractivity contribution >= 4 is 29.1 Å². The topological polar surface area (TPSA) is 96.5 Å². The maximum atomic E-state index is 12.0. The number of benzene rings is 2. The van der Waals surface area contributed by atoms with Crippen LogP contribution in [0.4, 0.5) is 11.4 Å². The third-order valence-corrected chi connectivity index (χ3v) is 3.52. The van der Waals surface area contributed by atoms with Gasteiger partial charge < -0.3 is 20.7 Å². The summed E-state index contributed by atoms with van der Waals surface area (Å²) in [6, 6.07) is 14.0. The number of anilines is 2. The fourth-order valence-corrected chi connectivity index (χ4v) is 2.37. The number of carbonyl (C=O) groups is 3. The summed E-state index contributed by atoms with van der Waals surface area (Å²) in [5.74, 6) is -0.988. The Balaban J connectivity index is 1.86. The molecule has 0 saturated heterocycles. The molecule has 2 aromatic carbocycles. The predicted octanol–water partition coefficient (Wildman–Crippen LogP) is 1.95. The van der Waals surface area contributed by atoms with E-state index in [4.69, 9.17) is 4.74 Å². The van der Waals surface area contributed by atoms with Gasteiger partial charge in [0.15, 0.2) is 0 Å². The van der Waals surface area contributed by atoms with Gasteiger partial charge in [0.05, 0.1) is 7.11 Å². The van der Waals surface area contributed by atoms with E-state index in [9.17, 15) is 14.4 Å². The molecule has 0 aliphatic heterocycles. The van der Waals surface area contributed by atoms with E-state index in [0.29, 0.717) is 24.3 Å². The molecule has 0 radical (unpaired) electrons. The molecule has 0 saturated carbocycles. The molecule has 3 N–H and O–H groups in total. The zero-order valence-electron chi connectivity index (χ0n) is 14.7. The Morgan fingerprint density at radius 3 is 2.31 bits per heavy atom. The highest BCUT2D eigenvalue weighted by Crippen LogP contribution is 2.17. The zero-order valence-corrected chi connectivity index (χ0v) is 14.7. The lowest BCUT2D eigenvalue weighted by atomic mass is 10.1. The summed E-state index contributed by atoms with van der Waals surface area (Å²) in [6.45, 7) is 1.69. The summed E-state index contributed by atoms with van der Waals surface area (Å²) >= 11 is 0. The van der Waals surface area contributed by atoms with E-state index in [1.807, 2.05) is 24.3 Å². The van der Waals surface area contributed by atoms with E-state index in [1.165, 1.54) is 6.92 Å². The van der Waals surface area contributed by atoms with Crippen LogP contribution >= 0.6 is 0 Å². The summed E-state index contributed by atoms with van der Waals surface area (Å²) in [7, 11) is 1.58. The molecular weight excluding hydrogens is 334 g/mol. The molecule has 0 heterocycles. The van der Waals surface area contributed by atoms with Gasteiger partial charge in [-0.05, 0) is 36.2 Å². The predicted molar refractivity (Wildman–Crippen MR) is 99.1 cm³/mol. The van der Waals surface area contributed by atoms with Crippen molar-refractivity contribution < 1.29 is 19.1 Å². The quantitative estimate of drug-likeness (QED) is 0.690. The van der Waals surface area contributed by atoms with Crippen molar-refractivity contribution in [2.75, 3.05) is 24.3 Å². The number of rotatable bonds is 6. The van der Waals surface area contributed by atoms with E-state index in [2.05, 4.69) is 16.0 Å². The second-order valence-electron chi connectivity index (χ2n) is 5.53. The van der Waals surface area contributed by atoms with E-state index in [0.717, 1.165) is 11.3 Å². The number of methoxy groups -OCH3 is 1. The maximum Gasteiger partial charge on any atom is 0.313 e. The first-order valence-electron chi connectivity index (χ1n) is 8.08. The van der Waals surface area contributed by atoms with Crippen LogP contribution in [0.2, 0.25) is 0 Å². The van der Waals surface area contributed by atoms with Crippen LogP contribution in [-0.2, 0) is 20.8 Å². The second kappa shape index (κ2) is 9.22. The number of nitrogens with one attached hydrogen (secondary N) is 3. The molecule has 2 aromatic rings. The fraction of sp³-hybridized carbons (Fsp3) is 0.211. The van der Waals surface area contributed by atoms with Crippen LogP contribution in [0.25, 0.3) is 0 Å². The lowest BCUT2D eigenvalue weighted by Gasteiger charge is -2.10. The molecule has 26 heavy (non-hydrogen) atoms. The van der Waals surface area contributed by atoms with Gasteiger partial charge in [0.25, 0.3) is 0 Å². The van der Waals surface area contributed by atoms with Crippen molar-refractivity contribution in [1.82, 2.24) is 5.32 Å². The minimum Gasteiger partial charge on any atom is -0.496 e. The van der Waals surface area contributed by atoms with Gasteiger partial charge in [-0.25, -0.2) is 0 Å². The summed E-state index contributed by atoms with van der Waals surface area (Å²) in [5.41, 5.74) is 1.90. The molecule has 2 rings (SSSR count). The van der Waals surface area contributed by atoms with Crippen LogP contribution in [0.1, 0.15) is 12.5 Å². The third-order valence-electron chi connectivity index (χ3n) is 3.52. The smallest absolute Gasteiger partial charge is 0.313 e. The number of carbonyl (C=O) groups excluding carboxylic acids is 3. The molecule has 0 unspecified atom stereocenters. The van der Waals surface area contributed by atoms with Gasteiger partial charge in [-0.2, -0.15) is 0 Å². The normalized spacial score (nSPS) is 9.92. The van der Waals surface area contributed by atoms with Gasteiger partial charge >= 0.3 is 11.8 Å². The van der Waals surface area contributed by atoms with Crippen molar-refractivity contribution in [2.24, 2.45) is 0 Å². The van der Waals surface area contributed by atoms with Crippen LogP contribution in [0.3, 0.4) is 0 Å². The number of amides is 3. The molecule has 0 aliphatic rings. The van der Waals surface area contributed by atoms with E-state index < -0.39 is 11.8 Å². The van der Waals surface area contributed by atoms with Crippen molar-refractivity contribution in [2.45, 2.75) is 13.3 Å². The highest BCUT2D eigenvalue weighted by Gasteiger charge is 2.13. The monoisotopic (exact) mass is 355 g/mol. The van der Waals surface area contributed by atoms with Gasteiger partial charge in [-0.15, -0.1) is 0 Å². The molecular formula is C19H21N3O4. The highest BCUT2D eigenvalue weighted by molar-refractivity contribution is 6.39. The molecule has 7 heteroatoms.